The monoisotopic (exact) mass is 312 g/mol. The molecule has 0 radical (unpaired) electrons. The van der Waals surface area contributed by atoms with E-state index in [1.807, 2.05) is 55.6 Å². The van der Waals surface area contributed by atoms with Crippen LogP contribution in [0.2, 0.25) is 0 Å². The van der Waals surface area contributed by atoms with E-state index in [0.29, 0.717) is 5.57 Å². The smallest absolute Gasteiger partial charge is 0.0998 e. The lowest BCUT2D eigenvalue weighted by Crippen LogP contribution is -1.99. The summed E-state index contributed by atoms with van der Waals surface area (Å²) in [6, 6.07) is 20.7. The van der Waals surface area contributed by atoms with E-state index in [4.69, 9.17) is 0 Å². The van der Waals surface area contributed by atoms with Gasteiger partial charge in [0.05, 0.1) is 11.6 Å². The molecule has 118 valence electrons. The molecule has 0 aliphatic carbocycles. The second-order valence-electron chi connectivity index (χ2n) is 6.06. The molecule has 0 spiro atoms. The molecule has 1 aromatic heterocycles. The summed E-state index contributed by atoms with van der Waals surface area (Å²) >= 11 is 0. The van der Waals surface area contributed by atoms with Gasteiger partial charge in [-0.1, -0.05) is 42.0 Å². The largest absolute Gasteiger partial charge is 0.317 e. The minimum absolute atomic E-state index is 0.667. The normalized spacial score (nSPS) is 11.3. The number of hydrogen-bond acceptors (Lipinski definition) is 1. The lowest BCUT2D eigenvalue weighted by molar-refractivity contribution is 1.04. The Morgan fingerprint density at radius 2 is 1.71 bits per heavy atom. The molecule has 1 heterocycles. The van der Waals surface area contributed by atoms with Crippen molar-refractivity contribution in [1.29, 1.82) is 5.26 Å². The molecule has 24 heavy (non-hydrogen) atoms. The van der Waals surface area contributed by atoms with Gasteiger partial charge in [0.15, 0.2) is 0 Å². The molecular formula is C22H20N2. The zero-order valence-corrected chi connectivity index (χ0v) is 14.2. The molecule has 0 bridgehead atoms. The van der Waals surface area contributed by atoms with Crippen LogP contribution >= 0.6 is 0 Å². The van der Waals surface area contributed by atoms with Crippen molar-refractivity contribution in [2.45, 2.75) is 20.8 Å². The van der Waals surface area contributed by atoms with Crippen molar-refractivity contribution >= 4 is 11.6 Å². The van der Waals surface area contributed by atoms with Gasteiger partial charge in [-0.3, -0.25) is 0 Å². The summed E-state index contributed by atoms with van der Waals surface area (Å²) in [5, 5.41) is 9.58. The van der Waals surface area contributed by atoms with Crippen molar-refractivity contribution in [2.24, 2.45) is 0 Å². The highest BCUT2D eigenvalue weighted by Gasteiger charge is 2.08. The third-order valence-electron chi connectivity index (χ3n) is 4.39. The van der Waals surface area contributed by atoms with Crippen LogP contribution in [0.4, 0.5) is 0 Å². The van der Waals surface area contributed by atoms with Gasteiger partial charge in [-0.05, 0) is 61.7 Å². The zero-order valence-electron chi connectivity index (χ0n) is 14.2. The van der Waals surface area contributed by atoms with Crippen LogP contribution in [-0.4, -0.2) is 4.57 Å². The van der Waals surface area contributed by atoms with E-state index >= 15 is 0 Å². The number of allylic oxidation sites excluding steroid dienone is 1. The maximum Gasteiger partial charge on any atom is 0.0998 e. The Balaban J connectivity index is 2.08. The van der Waals surface area contributed by atoms with E-state index in [1.54, 1.807) is 0 Å². The van der Waals surface area contributed by atoms with Gasteiger partial charge < -0.3 is 4.57 Å². The molecule has 3 aromatic rings. The molecule has 2 aromatic carbocycles. The second kappa shape index (κ2) is 6.60. The van der Waals surface area contributed by atoms with Crippen molar-refractivity contribution in [3.05, 3.63) is 88.7 Å². The van der Waals surface area contributed by atoms with Crippen LogP contribution in [0.3, 0.4) is 0 Å². The fourth-order valence-electron chi connectivity index (χ4n) is 2.79. The fourth-order valence-corrected chi connectivity index (χ4v) is 2.79. The van der Waals surface area contributed by atoms with Crippen LogP contribution in [0, 0.1) is 32.1 Å². The number of nitrogens with zero attached hydrogens (tertiary/aromatic N) is 2. The third kappa shape index (κ3) is 3.02. The molecule has 2 nitrogen and oxygen atoms in total. The van der Waals surface area contributed by atoms with Crippen molar-refractivity contribution in [3.8, 4) is 11.8 Å². The average molecular weight is 312 g/mol. The van der Waals surface area contributed by atoms with Crippen LogP contribution in [0.1, 0.15) is 27.9 Å². The Morgan fingerprint density at radius 1 is 0.958 bits per heavy atom. The van der Waals surface area contributed by atoms with Gasteiger partial charge in [0.2, 0.25) is 0 Å². The van der Waals surface area contributed by atoms with Crippen molar-refractivity contribution in [1.82, 2.24) is 4.57 Å². The highest BCUT2D eigenvalue weighted by molar-refractivity contribution is 5.89. The highest BCUT2D eigenvalue weighted by Crippen LogP contribution is 2.23. The van der Waals surface area contributed by atoms with E-state index in [9.17, 15) is 5.26 Å². The van der Waals surface area contributed by atoms with E-state index < -0.39 is 0 Å². The van der Waals surface area contributed by atoms with Gasteiger partial charge in [-0.25, -0.2) is 0 Å². The van der Waals surface area contributed by atoms with Gasteiger partial charge in [0.25, 0.3) is 0 Å². The number of benzene rings is 2. The lowest BCUT2D eigenvalue weighted by Gasteiger charge is -2.12. The Morgan fingerprint density at radius 3 is 2.42 bits per heavy atom. The predicted molar refractivity (Wildman–Crippen MR) is 99.9 cm³/mol. The molecule has 0 saturated carbocycles. The number of nitriles is 1. The molecule has 0 unspecified atom stereocenters. The van der Waals surface area contributed by atoms with Crippen LogP contribution < -0.4 is 0 Å². The Kier molecular flexibility index (Phi) is 4.35. The summed E-state index contributed by atoms with van der Waals surface area (Å²) in [6.45, 7) is 6.29. The summed E-state index contributed by atoms with van der Waals surface area (Å²) in [7, 11) is 0. The Bertz CT molecular complexity index is 935. The molecule has 0 fully saturated rings. The SMILES string of the molecule is Cc1ccc(/C(C#N)=C\c2cccn2-c2cccc(C)c2C)cc1. The van der Waals surface area contributed by atoms with Crippen LogP contribution in [-0.2, 0) is 0 Å². The molecule has 0 amide bonds. The minimum atomic E-state index is 0.667. The molecule has 0 aliphatic heterocycles. The maximum atomic E-state index is 9.58. The average Bonchev–Trinajstić information content (AvgIpc) is 3.04. The molecule has 0 aliphatic rings. The van der Waals surface area contributed by atoms with E-state index in [-0.39, 0.29) is 0 Å². The van der Waals surface area contributed by atoms with Crippen molar-refractivity contribution < 1.29 is 0 Å². The third-order valence-corrected chi connectivity index (χ3v) is 4.39. The molecular weight excluding hydrogens is 292 g/mol. The highest BCUT2D eigenvalue weighted by atomic mass is 15.0. The fraction of sp³-hybridized carbons (Fsp3) is 0.136. The maximum absolute atomic E-state index is 9.58. The van der Waals surface area contributed by atoms with Gasteiger partial charge in [-0.15, -0.1) is 0 Å². The first-order chi connectivity index (χ1) is 11.6. The van der Waals surface area contributed by atoms with Gasteiger partial charge in [0, 0.05) is 17.6 Å². The number of hydrogen-bond donors (Lipinski definition) is 0. The van der Waals surface area contributed by atoms with Crippen LogP contribution in [0.25, 0.3) is 17.3 Å². The van der Waals surface area contributed by atoms with Crippen LogP contribution in [0.5, 0.6) is 0 Å². The van der Waals surface area contributed by atoms with E-state index in [2.05, 4.69) is 42.7 Å². The molecule has 2 heteroatoms. The standard InChI is InChI=1S/C22H20N2/c1-16-9-11-19(12-10-16)20(15-23)14-21-7-5-13-24(21)22-8-4-6-17(2)18(22)3/h4-14H,1-3H3/b20-14-. The quantitative estimate of drug-likeness (QED) is 0.590. The summed E-state index contributed by atoms with van der Waals surface area (Å²) in [4.78, 5) is 0. The van der Waals surface area contributed by atoms with Gasteiger partial charge in [0.1, 0.15) is 0 Å². The summed E-state index contributed by atoms with van der Waals surface area (Å²) in [5.74, 6) is 0. The number of rotatable bonds is 3. The first kappa shape index (κ1) is 15.8. The molecule has 3 rings (SSSR count). The van der Waals surface area contributed by atoms with Crippen LogP contribution in [0.15, 0.2) is 60.8 Å². The zero-order chi connectivity index (χ0) is 17.1. The Labute approximate surface area is 143 Å². The lowest BCUT2D eigenvalue weighted by atomic mass is 10.0. The summed E-state index contributed by atoms with van der Waals surface area (Å²) in [5.41, 5.74) is 7.45. The first-order valence-corrected chi connectivity index (χ1v) is 8.03. The first-order valence-electron chi connectivity index (χ1n) is 8.03. The van der Waals surface area contributed by atoms with Crippen molar-refractivity contribution in [2.75, 3.05) is 0 Å². The Hall–Kier alpha value is -3.05. The summed E-state index contributed by atoms with van der Waals surface area (Å²) in [6.07, 6.45) is 3.99. The topological polar surface area (TPSA) is 28.7 Å². The number of aryl methyl sites for hydroxylation is 2. The predicted octanol–water partition coefficient (Wildman–Crippen LogP) is 5.47. The van der Waals surface area contributed by atoms with Crippen molar-refractivity contribution in [3.63, 3.8) is 0 Å². The summed E-state index contributed by atoms with van der Waals surface area (Å²) < 4.78 is 2.13. The second-order valence-corrected chi connectivity index (χ2v) is 6.06. The molecule has 0 N–H and O–H groups in total. The number of aromatic nitrogens is 1. The van der Waals surface area contributed by atoms with E-state index in [0.717, 1.165) is 16.9 Å². The molecule has 0 atom stereocenters. The van der Waals surface area contributed by atoms with Gasteiger partial charge >= 0.3 is 0 Å². The van der Waals surface area contributed by atoms with Gasteiger partial charge in [-0.2, -0.15) is 5.26 Å². The molecule has 0 saturated heterocycles. The van der Waals surface area contributed by atoms with E-state index in [1.165, 1.54) is 16.7 Å². The minimum Gasteiger partial charge on any atom is -0.317 e.